The predicted molar refractivity (Wildman–Crippen MR) is 130 cm³/mol. The first-order chi connectivity index (χ1) is 15.7. The number of hydrogen-bond acceptors (Lipinski definition) is 6. The van der Waals surface area contributed by atoms with Crippen LogP contribution in [0.4, 0.5) is 0 Å². The Hall–Kier alpha value is -1.96. The molecular weight excluding hydrogens is 511 g/mol. The number of benzene rings is 1. The molecule has 0 amide bonds. The first-order valence-corrected chi connectivity index (χ1v) is 11.2. The molecule has 0 spiro atoms. The topological polar surface area (TPSA) is 100 Å². The van der Waals surface area contributed by atoms with E-state index in [1.807, 2.05) is 25.1 Å². The Morgan fingerprint density at radius 3 is 2.38 bits per heavy atom. The predicted octanol–water partition coefficient (Wildman–Crippen LogP) is 6.30. The summed E-state index contributed by atoms with van der Waals surface area (Å²) in [4.78, 5) is 28.4. The van der Waals surface area contributed by atoms with Gasteiger partial charge in [-0.2, -0.15) is 6.20 Å². The molecule has 1 atom stereocenters. The van der Waals surface area contributed by atoms with E-state index in [4.69, 9.17) is 9.15 Å². The molecule has 34 heavy (non-hydrogen) atoms. The third kappa shape index (κ3) is 11.5. The normalized spacial score (nSPS) is 11.4. The van der Waals surface area contributed by atoms with Gasteiger partial charge < -0.3 is 24.6 Å². The van der Waals surface area contributed by atoms with Gasteiger partial charge in [-0.05, 0) is 38.3 Å². The molecule has 0 aliphatic rings. The summed E-state index contributed by atoms with van der Waals surface area (Å²) in [5, 5.41) is 9.96. The fourth-order valence-electron chi connectivity index (χ4n) is 2.78. The molecule has 0 bridgehead atoms. The van der Waals surface area contributed by atoms with Crippen LogP contribution in [0.15, 0.2) is 51.8 Å². The van der Waals surface area contributed by atoms with Crippen LogP contribution in [0.25, 0.3) is 5.48 Å². The van der Waals surface area contributed by atoms with Gasteiger partial charge in [-0.3, -0.25) is 4.79 Å². The third-order valence-corrected chi connectivity index (χ3v) is 4.74. The van der Waals surface area contributed by atoms with Crippen LogP contribution in [0.5, 0.6) is 11.5 Å². The number of aromatic hydroxyl groups is 1. The molecule has 0 aliphatic heterocycles. The molecule has 1 heterocycles. The molecule has 8 heteroatoms. The summed E-state index contributed by atoms with van der Waals surface area (Å²) in [6, 6.07) is 9.48. The Kier molecular flexibility index (Phi) is 16.5. The Morgan fingerprint density at radius 1 is 1.21 bits per heavy atom. The van der Waals surface area contributed by atoms with Crippen molar-refractivity contribution in [2.45, 2.75) is 59.8 Å². The Balaban J connectivity index is 0.000000763. The fourth-order valence-corrected chi connectivity index (χ4v) is 2.78. The van der Waals surface area contributed by atoms with Crippen LogP contribution in [-0.2, 0) is 37.5 Å². The van der Waals surface area contributed by atoms with E-state index in [0.29, 0.717) is 18.6 Å². The Morgan fingerprint density at radius 2 is 1.85 bits per heavy atom. The van der Waals surface area contributed by atoms with Gasteiger partial charge in [0.1, 0.15) is 22.8 Å². The quantitative estimate of drug-likeness (QED) is 0.262. The molecule has 0 saturated carbocycles. The van der Waals surface area contributed by atoms with Gasteiger partial charge >= 0.3 is 5.63 Å². The Bertz CT molecular complexity index is 937. The average molecular weight is 547 g/mol. The molecule has 0 aliphatic carbocycles. The second kappa shape index (κ2) is 17.5. The van der Waals surface area contributed by atoms with Crippen LogP contribution in [0.3, 0.4) is 0 Å². The third-order valence-electron chi connectivity index (χ3n) is 4.74. The van der Waals surface area contributed by atoms with Crippen LogP contribution in [0.2, 0.25) is 0 Å². The average Bonchev–Trinajstić information content (AvgIpc) is 2.78. The van der Waals surface area contributed by atoms with Crippen molar-refractivity contribution in [3.8, 4) is 11.5 Å². The van der Waals surface area contributed by atoms with E-state index >= 15 is 0 Å². The van der Waals surface area contributed by atoms with Gasteiger partial charge in [-0.1, -0.05) is 45.4 Å². The number of aryl methyl sites for hydroxylation is 1. The van der Waals surface area contributed by atoms with Gasteiger partial charge in [-0.25, -0.2) is 4.79 Å². The minimum absolute atomic E-state index is 0. The molecule has 1 aromatic heterocycles. The summed E-state index contributed by atoms with van der Waals surface area (Å²) >= 11 is 0. The van der Waals surface area contributed by atoms with Gasteiger partial charge in [0.25, 0.3) is 0 Å². The number of ether oxygens (including phenoxy) is 1. The molecule has 0 fully saturated rings. The number of allylic oxidation sites excluding steroid dienone is 1. The summed E-state index contributed by atoms with van der Waals surface area (Å²) in [7, 11) is 1.46. The molecular formula is C26H36NO6Y-. The molecule has 7 nitrogen and oxygen atoms in total. The van der Waals surface area contributed by atoms with Crippen LogP contribution in [0.1, 0.15) is 74.6 Å². The van der Waals surface area contributed by atoms with E-state index in [-0.39, 0.29) is 55.9 Å². The number of rotatable bonds is 11. The zero-order chi connectivity index (χ0) is 24.8. The van der Waals surface area contributed by atoms with Gasteiger partial charge in [0.2, 0.25) is 0 Å². The van der Waals surface area contributed by atoms with E-state index in [1.165, 1.54) is 18.7 Å². The van der Waals surface area contributed by atoms with E-state index in [9.17, 15) is 14.7 Å². The van der Waals surface area contributed by atoms with Crippen molar-refractivity contribution < 1.29 is 56.6 Å². The molecule has 185 valence electrons. The number of ketones is 1. The molecule has 1 unspecified atom stereocenters. The van der Waals surface area contributed by atoms with E-state index in [2.05, 4.69) is 36.3 Å². The monoisotopic (exact) mass is 547 g/mol. The SMILES string of the molecule is CCCOc1ccc(C)cc1.CO[N-]/C=C\CCC(C)c1cc(O)c(C(=O)C(C)C)c(=O)o1.[Y]. The molecule has 1 radical (unpaired) electrons. The molecule has 1 N–H and O–H groups in total. The summed E-state index contributed by atoms with van der Waals surface area (Å²) in [5.74, 6) is 0.134. The minimum atomic E-state index is -0.787. The zero-order valence-corrected chi connectivity index (χ0v) is 23.9. The first kappa shape index (κ1) is 32.0. The molecule has 0 saturated heterocycles. The number of carbonyl (C=O) groups is 1. The number of nitrogens with zero attached hydrogens (tertiary/aromatic N) is 1. The fraction of sp³-hybridized carbons (Fsp3) is 0.462. The minimum Gasteiger partial charge on any atom is -0.569 e. The van der Waals surface area contributed by atoms with Gasteiger partial charge in [0.05, 0.1) is 6.61 Å². The van der Waals surface area contributed by atoms with Crippen LogP contribution >= 0.6 is 0 Å². The van der Waals surface area contributed by atoms with Crippen LogP contribution < -0.4 is 10.4 Å². The zero-order valence-electron chi connectivity index (χ0n) is 21.0. The van der Waals surface area contributed by atoms with E-state index in [0.717, 1.165) is 18.8 Å². The number of hydrogen-bond donors (Lipinski definition) is 1. The largest absolute Gasteiger partial charge is 0.569 e. The van der Waals surface area contributed by atoms with E-state index in [1.54, 1.807) is 20.0 Å². The maximum Gasteiger partial charge on any atom is 0.350 e. The van der Waals surface area contributed by atoms with Crippen molar-refractivity contribution in [3.05, 3.63) is 75.4 Å². The van der Waals surface area contributed by atoms with Gasteiger partial charge in [0.15, 0.2) is 5.78 Å². The molecule has 2 rings (SSSR count). The number of carbonyl (C=O) groups excluding carboxylic acids is 1. The first-order valence-electron chi connectivity index (χ1n) is 11.2. The standard InChI is InChI=1S/C16H22NO5.C10H14O.Y/c1-10(2)15(19)14-12(18)9-13(22-16(14)20)11(3)7-5-6-8-17-21-4;1-3-8-11-10-6-4-9(2)5-7-10;/h6,8-11H,5,7H2,1-4H3,(H,18,19,20);4-7H,3,8H2,1-2H3;/q-1;;/b8-6-;;. The smallest absolute Gasteiger partial charge is 0.350 e. The van der Waals surface area contributed by atoms with Crippen molar-refractivity contribution >= 4 is 5.78 Å². The van der Waals surface area contributed by atoms with Crippen LogP contribution in [0, 0.1) is 12.8 Å². The van der Waals surface area contributed by atoms with Gasteiger partial charge in [-0.15, -0.1) is 6.08 Å². The molecule has 1 aromatic carbocycles. The summed E-state index contributed by atoms with van der Waals surface area (Å²) in [6.07, 6.45) is 5.86. The summed E-state index contributed by atoms with van der Waals surface area (Å²) < 4.78 is 10.6. The number of hydroxylamine groups is 1. The summed E-state index contributed by atoms with van der Waals surface area (Å²) in [6.45, 7) is 10.2. The van der Waals surface area contributed by atoms with Crippen molar-refractivity contribution in [3.63, 3.8) is 0 Å². The van der Waals surface area contributed by atoms with Crippen molar-refractivity contribution in [1.82, 2.24) is 0 Å². The maximum atomic E-state index is 11.9. The van der Waals surface area contributed by atoms with E-state index < -0.39 is 11.4 Å². The number of Topliss-reactive ketones (excluding diaryl/α,β-unsaturated/α-hetero) is 1. The second-order valence-corrected chi connectivity index (χ2v) is 8.03. The second-order valence-electron chi connectivity index (χ2n) is 8.03. The molecule has 2 aromatic rings. The summed E-state index contributed by atoms with van der Waals surface area (Å²) in [5.41, 5.74) is 3.80. The Labute approximate surface area is 227 Å². The van der Waals surface area contributed by atoms with Gasteiger partial charge in [0, 0.05) is 57.7 Å². The van der Waals surface area contributed by atoms with Crippen molar-refractivity contribution in [2.75, 3.05) is 13.7 Å². The van der Waals surface area contributed by atoms with Crippen molar-refractivity contribution in [2.24, 2.45) is 5.92 Å². The van der Waals surface area contributed by atoms with Crippen LogP contribution in [-0.4, -0.2) is 24.6 Å². The van der Waals surface area contributed by atoms with Crippen molar-refractivity contribution in [1.29, 1.82) is 0 Å². The maximum absolute atomic E-state index is 11.9.